The second-order valence-electron chi connectivity index (χ2n) is 6.16. The van der Waals surface area contributed by atoms with Crippen LogP contribution in [0.25, 0.3) is 0 Å². The first-order valence-electron chi connectivity index (χ1n) is 8.22. The summed E-state index contributed by atoms with van der Waals surface area (Å²) in [7, 11) is 6.63. The number of amides is 1. The maximum absolute atomic E-state index is 12.8. The standard InChI is InChI=1S/C20H23NO4/c1-21(14-8-9-18(24-3)19(11-14)25-4)20(22)17-12-16(17)13-6-5-7-15(10-13)23-2/h5-11,16-17H,12H2,1-4H3/t16-,17-/m1/s1. The molecule has 5 nitrogen and oxygen atoms in total. The van der Waals surface area contributed by atoms with Gasteiger partial charge in [-0.1, -0.05) is 12.1 Å². The Bertz CT molecular complexity index is 774. The van der Waals surface area contributed by atoms with Crippen LogP contribution in [0.15, 0.2) is 42.5 Å². The third-order valence-corrected chi connectivity index (χ3v) is 4.71. The first-order valence-corrected chi connectivity index (χ1v) is 8.22. The van der Waals surface area contributed by atoms with E-state index in [1.165, 1.54) is 0 Å². The number of ether oxygens (including phenoxy) is 3. The Morgan fingerprint density at radius 2 is 1.76 bits per heavy atom. The van der Waals surface area contributed by atoms with Crippen molar-refractivity contribution in [3.8, 4) is 17.2 Å². The van der Waals surface area contributed by atoms with Gasteiger partial charge in [-0.3, -0.25) is 4.79 Å². The Kier molecular flexibility index (Phi) is 4.83. The number of carbonyl (C=O) groups is 1. The van der Waals surface area contributed by atoms with Gasteiger partial charge in [-0.05, 0) is 42.2 Å². The zero-order chi connectivity index (χ0) is 18.0. The van der Waals surface area contributed by atoms with Crippen molar-refractivity contribution in [2.24, 2.45) is 5.92 Å². The molecule has 0 radical (unpaired) electrons. The van der Waals surface area contributed by atoms with Crippen molar-refractivity contribution in [2.75, 3.05) is 33.3 Å². The van der Waals surface area contributed by atoms with Crippen LogP contribution in [0.5, 0.6) is 17.2 Å². The molecule has 2 aromatic rings. The van der Waals surface area contributed by atoms with Gasteiger partial charge in [0, 0.05) is 24.7 Å². The molecule has 1 fully saturated rings. The molecule has 0 heterocycles. The third-order valence-electron chi connectivity index (χ3n) is 4.71. The molecule has 2 aromatic carbocycles. The minimum atomic E-state index is 0.00482. The van der Waals surface area contributed by atoms with E-state index in [4.69, 9.17) is 14.2 Å². The Hall–Kier alpha value is -2.69. The molecule has 1 aliphatic rings. The lowest BCUT2D eigenvalue weighted by Crippen LogP contribution is -2.28. The number of hydrogen-bond donors (Lipinski definition) is 0. The van der Waals surface area contributed by atoms with Gasteiger partial charge in [0.25, 0.3) is 0 Å². The minimum Gasteiger partial charge on any atom is -0.497 e. The lowest BCUT2D eigenvalue weighted by atomic mass is 10.1. The molecule has 0 N–H and O–H groups in total. The number of carbonyl (C=O) groups excluding carboxylic acids is 1. The van der Waals surface area contributed by atoms with Crippen LogP contribution in [0.2, 0.25) is 0 Å². The van der Waals surface area contributed by atoms with Crippen LogP contribution < -0.4 is 19.1 Å². The topological polar surface area (TPSA) is 48.0 Å². The molecule has 0 bridgehead atoms. The van der Waals surface area contributed by atoms with Crippen LogP contribution in [-0.4, -0.2) is 34.3 Å². The van der Waals surface area contributed by atoms with E-state index in [0.717, 1.165) is 23.4 Å². The molecule has 5 heteroatoms. The molecule has 1 saturated carbocycles. The molecule has 0 spiro atoms. The molecule has 0 unspecified atom stereocenters. The Morgan fingerprint density at radius 3 is 2.44 bits per heavy atom. The van der Waals surface area contributed by atoms with Crippen molar-refractivity contribution in [2.45, 2.75) is 12.3 Å². The molecule has 1 amide bonds. The number of hydrogen-bond acceptors (Lipinski definition) is 4. The summed E-state index contributed by atoms with van der Waals surface area (Å²) in [5.41, 5.74) is 1.94. The molecule has 0 saturated heterocycles. The van der Waals surface area contributed by atoms with E-state index in [0.29, 0.717) is 11.5 Å². The Balaban J connectivity index is 1.73. The highest BCUT2D eigenvalue weighted by molar-refractivity contribution is 5.97. The molecule has 132 valence electrons. The Labute approximate surface area is 148 Å². The molecule has 0 aliphatic heterocycles. The van der Waals surface area contributed by atoms with E-state index in [1.54, 1.807) is 33.3 Å². The average Bonchev–Trinajstić information content (AvgIpc) is 3.47. The largest absolute Gasteiger partial charge is 0.497 e. The summed E-state index contributed by atoms with van der Waals surface area (Å²) in [5.74, 6) is 2.45. The average molecular weight is 341 g/mol. The summed E-state index contributed by atoms with van der Waals surface area (Å²) in [6.45, 7) is 0. The van der Waals surface area contributed by atoms with Gasteiger partial charge in [0.1, 0.15) is 5.75 Å². The predicted octanol–water partition coefficient (Wildman–Crippen LogP) is 3.48. The summed E-state index contributed by atoms with van der Waals surface area (Å²) in [6, 6.07) is 13.4. The maximum Gasteiger partial charge on any atom is 0.230 e. The predicted molar refractivity (Wildman–Crippen MR) is 96.8 cm³/mol. The number of benzene rings is 2. The lowest BCUT2D eigenvalue weighted by molar-refractivity contribution is -0.119. The number of rotatable bonds is 6. The van der Waals surface area contributed by atoms with Gasteiger partial charge >= 0.3 is 0 Å². The number of anilines is 1. The second kappa shape index (κ2) is 7.05. The highest BCUT2D eigenvalue weighted by Crippen LogP contribution is 2.49. The zero-order valence-electron chi connectivity index (χ0n) is 15.0. The molecular formula is C20H23NO4. The third kappa shape index (κ3) is 3.40. The van der Waals surface area contributed by atoms with E-state index in [9.17, 15) is 4.79 Å². The van der Waals surface area contributed by atoms with Gasteiger partial charge in [0.2, 0.25) is 5.91 Å². The zero-order valence-corrected chi connectivity index (χ0v) is 15.0. The van der Waals surface area contributed by atoms with Gasteiger partial charge in [0.05, 0.1) is 21.3 Å². The van der Waals surface area contributed by atoms with Crippen LogP contribution >= 0.6 is 0 Å². The minimum absolute atomic E-state index is 0.00482. The van der Waals surface area contributed by atoms with E-state index >= 15 is 0 Å². The summed E-state index contributed by atoms with van der Waals surface area (Å²) < 4.78 is 15.8. The molecule has 0 aromatic heterocycles. The highest BCUT2D eigenvalue weighted by atomic mass is 16.5. The summed E-state index contributed by atoms with van der Waals surface area (Å²) in [6.07, 6.45) is 0.865. The highest BCUT2D eigenvalue weighted by Gasteiger charge is 2.45. The van der Waals surface area contributed by atoms with Crippen molar-refractivity contribution in [1.29, 1.82) is 0 Å². The molecule has 3 rings (SSSR count). The van der Waals surface area contributed by atoms with E-state index in [1.807, 2.05) is 36.4 Å². The van der Waals surface area contributed by atoms with Gasteiger partial charge in [-0.2, -0.15) is 0 Å². The SMILES string of the molecule is COc1cccc([C@H]2C[C@H]2C(=O)N(C)c2ccc(OC)c(OC)c2)c1. The van der Waals surface area contributed by atoms with Crippen molar-refractivity contribution in [1.82, 2.24) is 0 Å². The Morgan fingerprint density at radius 1 is 1.00 bits per heavy atom. The first kappa shape index (κ1) is 17.1. The molecule has 25 heavy (non-hydrogen) atoms. The van der Waals surface area contributed by atoms with Crippen LogP contribution in [0.1, 0.15) is 17.9 Å². The molecule has 1 aliphatic carbocycles. The molecule has 2 atom stereocenters. The second-order valence-corrected chi connectivity index (χ2v) is 6.16. The quantitative estimate of drug-likeness (QED) is 0.807. The van der Waals surface area contributed by atoms with E-state index < -0.39 is 0 Å². The van der Waals surface area contributed by atoms with Gasteiger partial charge < -0.3 is 19.1 Å². The van der Waals surface area contributed by atoms with E-state index in [-0.39, 0.29) is 17.7 Å². The first-order chi connectivity index (χ1) is 12.1. The maximum atomic E-state index is 12.8. The van der Waals surface area contributed by atoms with Crippen LogP contribution in [0, 0.1) is 5.92 Å². The molecular weight excluding hydrogens is 318 g/mol. The van der Waals surface area contributed by atoms with Gasteiger partial charge in [-0.15, -0.1) is 0 Å². The van der Waals surface area contributed by atoms with Crippen LogP contribution in [-0.2, 0) is 4.79 Å². The number of methoxy groups -OCH3 is 3. The fraction of sp³-hybridized carbons (Fsp3) is 0.350. The summed E-state index contributed by atoms with van der Waals surface area (Å²) in [5, 5.41) is 0. The number of nitrogens with zero attached hydrogens (tertiary/aromatic N) is 1. The van der Waals surface area contributed by atoms with Crippen LogP contribution in [0.3, 0.4) is 0 Å². The van der Waals surface area contributed by atoms with Gasteiger partial charge in [0.15, 0.2) is 11.5 Å². The summed E-state index contributed by atoms with van der Waals surface area (Å²) >= 11 is 0. The van der Waals surface area contributed by atoms with Crippen molar-refractivity contribution in [3.63, 3.8) is 0 Å². The fourth-order valence-electron chi connectivity index (χ4n) is 3.12. The van der Waals surface area contributed by atoms with Crippen molar-refractivity contribution < 1.29 is 19.0 Å². The smallest absolute Gasteiger partial charge is 0.230 e. The van der Waals surface area contributed by atoms with Crippen molar-refractivity contribution >= 4 is 11.6 Å². The fourth-order valence-corrected chi connectivity index (χ4v) is 3.12. The van der Waals surface area contributed by atoms with Crippen molar-refractivity contribution in [3.05, 3.63) is 48.0 Å². The lowest BCUT2D eigenvalue weighted by Gasteiger charge is -2.19. The monoisotopic (exact) mass is 341 g/mol. The summed E-state index contributed by atoms with van der Waals surface area (Å²) in [4.78, 5) is 14.5. The normalized spacial score (nSPS) is 18.4. The van der Waals surface area contributed by atoms with Gasteiger partial charge in [-0.25, -0.2) is 0 Å². The van der Waals surface area contributed by atoms with E-state index in [2.05, 4.69) is 6.07 Å². The van der Waals surface area contributed by atoms with Crippen LogP contribution in [0.4, 0.5) is 5.69 Å².